The van der Waals surface area contributed by atoms with Crippen molar-refractivity contribution >= 4 is 34.8 Å². The van der Waals surface area contributed by atoms with Crippen LogP contribution in [0, 0.1) is 0 Å². The minimum absolute atomic E-state index is 0.0910. The third kappa shape index (κ3) is 3.02. The van der Waals surface area contributed by atoms with Crippen LogP contribution in [0.2, 0.25) is 0 Å². The fraction of sp³-hybridized carbons (Fsp3) is 0.182. The van der Waals surface area contributed by atoms with Crippen molar-refractivity contribution < 1.29 is 4.74 Å². The van der Waals surface area contributed by atoms with Gasteiger partial charge in [0.1, 0.15) is 12.1 Å². The first kappa shape index (κ1) is 13.3. The second-order valence-corrected chi connectivity index (χ2v) is 5.64. The van der Waals surface area contributed by atoms with Crippen molar-refractivity contribution in [2.75, 3.05) is 7.11 Å². The molecule has 0 aliphatic carbocycles. The zero-order valence-electron chi connectivity index (χ0n) is 9.27. The molecule has 2 rings (SSSR count). The molecule has 0 N–H and O–H groups in total. The van der Waals surface area contributed by atoms with E-state index in [1.54, 1.807) is 19.2 Å². The second kappa shape index (κ2) is 5.26. The van der Waals surface area contributed by atoms with Gasteiger partial charge in [0.05, 0.1) is 7.11 Å². The summed E-state index contributed by atoms with van der Waals surface area (Å²) in [6.45, 7) is 0. The van der Waals surface area contributed by atoms with E-state index in [4.69, 9.17) is 39.5 Å². The number of halogens is 3. The van der Waals surface area contributed by atoms with E-state index in [-0.39, 0.29) is 5.82 Å². The molecule has 0 atom stereocenters. The van der Waals surface area contributed by atoms with Crippen molar-refractivity contribution in [3.05, 3.63) is 36.4 Å². The zero-order chi connectivity index (χ0) is 13.2. The number of methoxy groups -OCH3 is 1. The van der Waals surface area contributed by atoms with Gasteiger partial charge in [0.2, 0.25) is 3.79 Å². The average molecular weight is 305 g/mol. The summed E-state index contributed by atoms with van der Waals surface area (Å²) in [5, 5.41) is 0. The first-order valence-electron chi connectivity index (χ1n) is 4.91. The third-order valence-electron chi connectivity index (χ3n) is 2.17. The van der Waals surface area contributed by atoms with E-state index in [2.05, 4.69) is 15.0 Å². The van der Waals surface area contributed by atoms with Crippen LogP contribution in [-0.4, -0.2) is 22.1 Å². The van der Waals surface area contributed by atoms with Gasteiger partial charge in [-0.15, -0.1) is 0 Å². The molecule has 0 unspecified atom stereocenters. The molecule has 1 aromatic heterocycles. The predicted molar refractivity (Wildman–Crippen MR) is 71.1 cm³/mol. The smallest absolute Gasteiger partial charge is 0.250 e. The van der Waals surface area contributed by atoms with E-state index >= 15 is 0 Å². The Hall–Kier alpha value is -1.10. The van der Waals surface area contributed by atoms with Gasteiger partial charge in [-0.3, -0.25) is 0 Å². The number of nitrogens with zero attached hydrogens (tertiary/aromatic N) is 3. The lowest BCUT2D eigenvalue weighted by molar-refractivity contribution is 0.415. The Labute approximate surface area is 119 Å². The molecule has 1 heterocycles. The number of aromatic nitrogens is 3. The molecule has 4 nitrogen and oxygen atoms in total. The normalized spacial score (nSPS) is 11.3. The highest BCUT2D eigenvalue weighted by molar-refractivity contribution is 6.66. The number of rotatable bonds is 2. The SMILES string of the molecule is COc1ccc(-c2ncnc(C(Cl)(Cl)Cl)n2)cc1. The highest BCUT2D eigenvalue weighted by atomic mass is 35.6. The summed E-state index contributed by atoms with van der Waals surface area (Å²) in [7, 11) is 1.60. The fourth-order valence-electron chi connectivity index (χ4n) is 1.31. The van der Waals surface area contributed by atoms with Crippen molar-refractivity contribution in [3.63, 3.8) is 0 Å². The van der Waals surface area contributed by atoms with Crippen LogP contribution in [-0.2, 0) is 3.79 Å². The fourth-order valence-corrected chi connectivity index (χ4v) is 1.59. The monoisotopic (exact) mass is 303 g/mol. The summed E-state index contributed by atoms with van der Waals surface area (Å²) in [4.78, 5) is 12.0. The first-order chi connectivity index (χ1) is 8.50. The van der Waals surface area contributed by atoms with Crippen LogP contribution in [0.3, 0.4) is 0 Å². The predicted octanol–water partition coefficient (Wildman–Crippen LogP) is 3.37. The molecular weight excluding hydrogens is 297 g/mol. The minimum Gasteiger partial charge on any atom is -0.497 e. The van der Waals surface area contributed by atoms with E-state index < -0.39 is 3.79 Å². The lowest BCUT2D eigenvalue weighted by atomic mass is 10.2. The van der Waals surface area contributed by atoms with Crippen LogP contribution in [0.1, 0.15) is 5.82 Å². The van der Waals surface area contributed by atoms with Crippen LogP contribution in [0.5, 0.6) is 5.75 Å². The topological polar surface area (TPSA) is 47.9 Å². The maximum Gasteiger partial charge on any atom is 0.250 e. The molecule has 0 amide bonds. The molecule has 0 radical (unpaired) electrons. The number of hydrogen-bond acceptors (Lipinski definition) is 4. The molecule has 1 aromatic carbocycles. The Bertz CT molecular complexity index is 540. The number of benzene rings is 1. The average Bonchev–Trinajstić information content (AvgIpc) is 2.38. The molecule has 0 spiro atoms. The second-order valence-electron chi connectivity index (χ2n) is 3.36. The van der Waals surface area contributed by atoms with Gasteiger partial charge < -0.3 is 4.74 Å². The number of alkyl halides is 3. The summed E-state index contributed by atoms with van der Waals surface area (Å²) >= 11 is 17.2. The number of ether oxygens (including phenoxy) is 1. The maximum absolute atomic E-state index is 5.72. The minimum atomic E-state index is -1.66. The molecule has 0 aliphatic heterocycles. The highest BCUT2D eigenvalue weighted by Crippen LogP contribution is 2.36. The summed E-state index contributed by atoms with van der Waals surface area (Å²) in [6.07, 6.45) is 1.31. The van der Waals surface area contributed by atoms with E-state index in [9.17, 15) is 0 Å². The standard InChI is InChI=1S/C11H8Cl3N3O/c1-18-8-4-2-7(3-5-8)9-15-6-16-10(17-9)11(12,13)14/h2-6H,1H3. The van der Waals surface area contributed by atoms with Gasteiger partial charge in [0, 0.05) is 5.56 Å². The summed E-state index contributed by atoms with van der Waals surface area (Å²) in [6, 6.07) is 7.23. The molecule has 2 aromatic rings. The lowest BCUT2D eigenvalue weighted by Crippen LogP contribution is -2.08. The molecule has 7 heteroatoms. The Kier molecular flexibility index (Phi) is 3.90. The first-order valence-corrected chi connectivity index (χ1v) is 6.05. The third-order valence-corrected chi connectivity index (χ3v) is 2.68. The Morgan fingerprint density at radius 2 is 1.72 bits per heavy atom. The molecule has 18 heavy (non-hydrogen) atoms. The molecule has 0 fully saturated rings. The molecule has 0 saturated carbocycles. The number of hydrogen-bond donors (Lipinski definition) is 0. The summed E-state index contributed by atoms with van der Waals surface area (Å²) in [5.41, 5.74) is 0.786. The molecule has 0 bridgehead atoms. The van der Waals surface area contributed by atoms with Crippen molar-refractivity contribution in [1.29, 1.82) is 0 Å². The van der Waals surface area contributed by atoms with Gasteiger partial charge in [-0.25, -0.2) is 15.0 Å². The summed E-state index contributed by atoms with van der Waals surface area (Å²) < 4.78 is 3.40. The molecule has 0 aliphatic rings. The van der Waals surface area contributed by atoms with Crippen LogP contribution >= 0.6 is 34.8 Å². The van der Waals surface area contributed by atoms with E-state index in [0.717, 1.165) is 11.3 Å². The maximum atomic E-state index is 5.72. The molecule has 0 saturated heterocycles. The van der Waals surface area contributed by atoms with E-state index in [1.807, 2.05) is 12.1 Å². The van der Waals surface area contributed by atoms with Crippen molar-refractivity contribution in [1.82, 2.24) is 15.0 Å². The Balaban J connectivity index is 2.38. The van der Waals surface area contributed by atoms with Crippen LogP contribution < -0.4 is 4.74 Å². The van der Waals surface area contributed by atoms with E-state index in [1.165, 1.54) is 6.33 Å². The van der Waals surface area contributed by atoms with Crippen LogP contribution in [0.15, 0.2) is 30.6 Å². The molecule has 94 valence electrons. The van der Waals surface area contributed by atoms with Crippen molar-refractivity contribution in [2.45, 2.75) is 3.79 Å². The van der Waals surface area contributed by atoms with Gasteiger partial charge >= 0.3 is 0 Å². The van der Waals surface area contributed by atoms with Gasteiger partial charge in [0.25, 0.3) is 0 Å². The quantitative estimate of drug-likeness (QED) is 0.798. The van der Waals surface area contributed by atoms with Gasteiger partial charge in [-0.1, -0.05) is 34.8 Å². The Morgan fingerprint density at radius 3 is 2.28 bits per heavy atom. The van der Waals surface area contributed by atoms with Crippen molar-refractivity contribution in [3.8, 4) is 17.1 Å². The van der Waals surface area contributed by atoms with Gasteiger partial charge in [0.15, 0.2) is 11.6 Å². The van der Waals surface area contributed by atoms with Gasteiger partial charge in [-0.2, -0.15) is 0 Å². The van der Waals surface area contributed by atoms with E-state index in [0.29, 0.717) is 5.82 Å². The largest absolute Gasteiger partial charge is 0.497 e. The zero-order valence-corrected chi connectivity index (χ0v) is 11.5. The van der Waals surface area contributed by atoms with Gasteiger partial charge in [-0.05, 0) is 24.3 Å². The molecular formula is C11H8Cl3N3O. The van der Waals surface area contributed by atoms with Crippen molar-refractivity contribution in [2.24, 2.45) is 0 Å². The van der Waals surface area contributed by atoms with Crippen LogP contribution in [0.25, 0.3) is 11.4 Å². The highest BCUT2D eigenvalue weighted by Gasteiger charge is 2.27. The lowest BCUT2D eigenvalue weighted by Gasteiger charge is -2.09. The summed E-state index contributed by atoms with van der Waals surface area (Å²) in [5.74, 6) is 1.27. The Morgan fingerprint density at radius 1 is 1.06 bits per heavy atom. The van der Waals surface area contributed by atoms with Crippen LogP contribution in [0.4, 0.5) is 0 Å².